The van der Waals surface area contributed by atoms with E-state index in [9.17, 15) is 4.79 Å². The van der Waals surface area contributed by atoms with Crippen LogP contribution in [0.2, 0.25) is 5.02 Å². The summed E-state index contributed by atoms with van der Waals surface area (Å²) in [6, 6.07) is 8.91. The van der Waals surface area contributed by atoms with E-state index in [-0.39, 0.29) is 0 Å². The van der Waals surface area contributed by atoms with Crippen LogP contribution in [0.1, 0.15) is 4.88 Å². The second kappa shape index (κ2) is 6.60. The van der Waals surface area contributed by atoms with Crippen LogP contribution in [-0.2, 0) is 6.54 Å². The molecule has 2 amide bonds. The van der Waals surface area contributed by atoms with Gasteiger partial charge in [0.05, 0.1) is 22.9 Å². The minimum absolute atomic E-state index is 0.488. The summed E-state index contributed by atoms with van der Waals surface area (Å²) in [6.45, 7) is 0.709. The molecule has 5 nitrogen and oxygen atoms in total. The zero-order chi connectivity index (χ0) is 14.5. The van der Waals surface area contributed by atoms with Crippen LogP contribution in [0, 0.1) is 0 Å². The first kappa shape index (κ1) is 14.6. The number of amides is 2. The number of carbonyl (C=O) groups is 1. The van der Waals surface area contributed by atoms with Gasteiger partial charge < -0.3 is 10.2 Å². The maximum absolute atomic E-state index is 11.4. The fourth-order valence-electron chi connectivity index (χ4n) is 1.88. The Hall–Kier alpha value is -1.76. The van der Waals surface area contributed by atoms with Crippen molar-refractivity contribution in [1.82, 2.24) is 5.43 Å². The quantitative estimate of drug-likeness (QED) is 0.462. The van der Waals surface area contributed by atoms with Crippen LogP contribution in [-0.4, -0.2) is 13.1 Å². The van der Waals surface area contributed by atoms with Crippen LogP contribution < -0.4 is 21.5 Å². The molecule has 2 rings (SSSR count). The topological polar surface area (TPSA) is 70.4 Å². The normalized spacial score (nSPS) is 10.2. The number of hydrogen-bond donors (Lipinski definition) is 3. The molecule has 0 atom stereocenters. The van der Waals surface area contributed by atoms with E-state index in [0.29, 0.717) is 17.3 Å². The van der Waals surface area contributed by atoms with Gasteiger partial charge in [0, 0.05) is 11.9 Å². The standard InChI is InChI=1S/C13H15ClN4OS/c1-18(8-9-4-3-7-20-9)12-10(14)5-2-6-11(12)16-13(19)17-15/h2-7H,8,15H2,1H3,(H2,16,17,19). The van der Waals surface area contributed by atoms with Gasteiger partial charge in [0.1, 0.15) is 0 Å². The number of carbonyl (C=O) groups excluding carboxylic acids is 1. The summed E-state index contributed by atoms with van der Waals surface area (Å²) in [5.74, 6) is 5.09. The number of nitrogens with one attached hydrogen (secondary N) is 2. The van der Waals surface area contributed by atoms with Crippen molar-refractivity contribution in [2.45, 2.75) is 6.54 Å². The average molecular weight is 311 g/mol. The fraction of sp³-hybridized carbons (Fsp3) is 0.154. The number of nitrogens with two attached hydrogens (primary N) is 1. The Morgan fingerprint density at radius 3 is 2.85 bits per heavy atom. The van der Waals surface area contributed by atoms with Gasteiger partial charge in [-0.2, -0.15) is 0 Å². The predicted octanol–water partition coefficient (Wildman–Crippen LogP) is 3.03. The number of hydrogen-bond acceptors (Lipinski definition) is 4. The van der Waals surface area contributed by atoms with Crippen LogP contribution in [0.15, 0.2) is 35.7 Å². The van der Waals surface area contributed by atoms with Crippen molar-refractivity contribution in [3.05, 3.63) is 45.6 Å². The van der Waals surface area contributed by atoms with E-state index >= 15 is 0 Å². The highest BCUT2D eigenvalue weighted by molar-refractivity contribution is 7.09. The first-order chi connectivity index (χ1) is 9.61. The van der Waals surface area contributed by atoms with Crippen molar-refractivity contribution in [2.75, 3.05) is 17.3 Å². The Morgan fingerprint density at radius 2 is 2.20 bits per heavy atom. The number of urea groups is 1. The fourth-order valence-corrected chi connectivity index (χ4v) is 2.95. The highest BCUT2D eigenvalue weighted by Crippen LogP contribution is 2.34. The van der Waals surface area contributed by atoms with Crippen LogP contribution in [0.4, 0.5) is 16.2 Å². The van der Waals surface area contributed by atoms with Gasteiger partial charge in [-0.1, -0.05) is 23.7 Å². The summed E-state index contributed by atoms with van der Waals surface area (Å²) in [5, 5.41) is 5.26. The van der Waals surface area contributed by atoms with E-state index in [1.54, 1.807) is 29.5 Å². The van der Waals surface area contributed by atoms with Crippen molar-refractivity contribution in [2.24, 2.45) is 5.84 Å². The zero-order valence-corrected chi connectivity index (χ0v) is 12.5. The van der Waals surface area contributed by atoms with Crippen LogP contribution >= 0.6 is 22.9 Å². The van der Waals surface area contributed by atoms with Crippen molar-refractivity contribution >= 4 is 40.3 Å². The number of anilines is 2. The molecule has 0 fully saturated rings. The summed E-state index contributed by atoms with van der Waals surface area (Å²) in [4.78, 5) is 14.6. The summed E-state index contributed by atoms with van der Waals surface area (Å²) >= 11 is 7.92. The third-order valence-corrected chi connectivity index (χ3v) is 3.89. The maximum Gasteiger partial charge on any atom is 0.333 e. The predicted molar refractivity (Wildman–Crippen MR) is 84.2 cm³/mol. The molecular formula is C13H15ClN4OS. The highest BCUT2D eigenvalue weighted by Gasteiger charge is 2.14. The summed E-state index contributed by atoms with van der Waals surface area (Å²) in [7, 11) is 1.92. The molecule has 0 saturated carbocycles. The third-order valence-electron chi connectivity index (χ3n) is 2.72. The van der Waals surface area contributed by atoms with E-state index in [2.05, 4.69) is 11.4 Å². The van der Waals surface area contributed by atoms with E-state index in [1.165, 1.54) is 4.88 Å². The highest BCUT2D eigenvalue weighted by atomic mass is 35.5. The molecule has 1 aromatic carbocycles. The first-order valence-electron chi connectivity index (χ1n) is 5.91. The maximum atomic E-state index is 11.4. The molecule has 4 N–H and O–H groups in total. The van der Waals surface area contributed by atoms with Crippen molar-refractivity contribution < 1.29 is 4.79 Å². The molecule has 0 bridgehead atoms. The van der Waals surface area contributed by atoms with Gasteiger partial charge in [-0.15, -0.1) is 11.3 Å². The lowest BCUT2D eigenvalue weighted by Crippen LogP contribution is -2.34. The van der Waals surface area contributed by atoms with Crippen molar-refractivity contribution in [3.8, 4) is 0 Å². The molecular weight excluding hydrogens is 296 g/mol. The van der Waals surface area contributed by atoms with Crippen LogP contribution in [0.3, 0.4) is 0 Å². The lowest BCUT2D eigenvalue weighted by Gasteiger charge is -2.23. The summed E-state index contributed by atoms with van der Waals surface area (Å²) in [6.07, 6.45) is 0. The third kappa shape index (κ3) is 3.41. The number of nitrogens with zero attached hydrogens (tertiary/aromatic N) is 1. The molecule has 0 radical (unpaired) electrons. The van der Waals surface area contributed by atoms with Crippen LogP contribution in [0.5, 0.6) is 0 Å². The largest absolute Gasteiger partial charge is 0.367 e. The minimum atomic E-state index is -0.488. The zero-order valence-electron chi connectivity index (χ0n) is 10.9. The van der Waals surface area contributed by atoms with Gasteiger partial charge >= 0.3 is 6.03 Å². The van der Waals surface area contributed by atoms with Gasteiger partial charge in [-0.3, -0.25) is 5.43 Å². The number of halogens is 1. The smallest absolute Gasteiger partial charge is 0.333 e. The Balaban J connectivity index is 2.26. The summed E-state index contributed by atoms with van der Waals surface area (Å²) in [5.41, 5.74) is 3.40. The van der Waals surface area contributed by atoms with Gasteiger partial charge in [0.25, 0.3) is 0 Å². The minimum Gasteiger partial charge on any atom is -0.367 e. The molecule has 2 aromatic rings. The first-order valence-corrected chi connectivity index (χ1v) is 7.17. The Bertz CT molecular complexity index is 588. The van der Waals surface area contributed by atoms with Crippen molar-refractivity contribution in [3.63, 3.8) is 0 Å². The molecule has 0 aliphatic carbocycles. The number of para-hydroxylation sites is 1. The Morgan fingerprint density at radius 1 is 1.40 bits per heavy atom. The number of benzene rings is 1. The molecule has 1 aromatic heterocycles. The Labute approximate surface area is 126 Å². The number of thiophene rings is 1. The lowest BCUT2D eigenvalue weighted by atomic mass is 10.2. The van der Waals surface area contributed by atoms with Gasteiger partial charge in [0.2, 0.25) is 0 Å². The molecule has 0 saturated heterocycles. The van der Waals surface area contributed by atoms with Crippen LogP contribution in [0.25, 0.3) is 0 Å². The molecule has 0 spiro atoms. The molecule has 0 aliphatic rings. The molecule has 0 aliphatic heterocycles. The molecule has 1 heterocycles. The lowest BCUT2D eigenvalue weighted by molar-refractivity contribution is 0.252. The molecule has 0 unspecified atom stereocenters. The molecule has 106 valence electrons. The van der Waals surface area contributed by atoms with Crippen molar-refractivity contribution in [1.29, 1.82) is 0 Å². The van der Waals surface area contributed by atoms with E-state index in [1.807, 2.05) is 28.8 Å². The van der Waals surface area contributed by atoms with E-state index in [0.717, 1.165) is 5.69 Å². The monoisotopic (exact) mass is 310 g/mol. The van der Waals surface area contributed by atoms with Gasteiger partial charge in [-0.05, 0) is 23.6 Å². The molecule has 7 heteroatoms. The van der Waals surface area contributed by atoms with Gasteiger partial charge in [0.15, 0.2) is 0 Å². The Kier molecular flexibility index (Phi) is 4.84. The SMILES string of the molecule is CN(Cc1cccs1)c1c(Cl)cccc1NC(=O)NN. The second-order valence-electron chi connectivity index (χ2n) is 4.17. The number of rotatable bonds is 4. The summed E-state index contributed by atoms with van der Waals surface area (Å²) < 4.78 is 0. The average Bonchev–Trinajstić information content (AvgIpc) is 2.91. The number of hydrazine groups is 1. The van der Waals surface area contributed by atoms with Gasteiger partial charge in [-0.25, -0.2) is 10.6 Å². The van der Waals surface area contributed by atoms with E-state index in [4.69, 9.17) is 17.4 Å². The van der Waals surface area contributed by atoms with E-state index < -0.39 is 6.03 Å². The second-order valence-corrected chi connectivity index (χ2v) is 5.61. The molecule has 20 heavy (non-hydrogen) atoms.